The van der Waals surface area contributed by atoms with Crippen molar-refractivity contribution in [1.29, 1.82) is 0 Å². The van der Waals surface area contributed by atoms with Gasteiger partial charge in [0.25, 0.3) is 0 Å². The van der Waals surface area contributed by atoms with Gasteiger partial charge in [-0.05, 0) is 24.3 Å². The van der Waals surface area contributed by atoms with Gasteiger partial charge in [-0.1, -0.05) is 23.2 Å². The van der Waals surface area contributed by atoms with Gasteiger partial charge in [-0.15, -0.1) is 22.9 Å². The van der Waals surface area contributed by atoms with E-state index in [0.717, 1.165) is 24.2 Å². The molecule has 1 aromatic heterocycles. The van der Waals surface area contributed by atoms with Crippen LogP contribution in [0.3, 0.4) is 0 Å². The fourth-order valence-corrected chi connectivity index (χ4v) is 5.03. The maximum atomic E-state index is 12.0. The highest BCUT2D eigenvalue weighted by molar-refractivity contribution is 7.89. The SMILES string of the molecule is O=S(=O)(NCC1(CCl)CC1)c1cc(Cl)sc1Cl. The molecule has 0 amide bonds. The number of rotatable bonds is 5. The Morgan fingerprint density at radius 2 is 2.06 bits per heavy atom. The van der Waals surface area contributed by atoms with E-state index in [1.165, 1.54) is 6.07 Å². The first-order valence-corrected chi connectivity index (χ1v) is 8.48. The lowest BCUT2D eigenvalue weighted by Crippen LogP contribution is -2.31. The van der Waals surface area contributed by atoms with Crippen LogP contribution >= 0.6 is 46.1 Å². The van der Waals surface area contributed by atoms with Crippen LogP contribution in [0.15, 0.2) is 11.0 Å². The summed E-state index contributed by atoms with van der Waals surface area (Å²) in [5, 5.41) is 0. The third-order valence-electron chi connectivity index (χ3n) is 2.79. The van der Waals surface area contributed by atoms with Crippen molar-refractivity contribution in [1.82, 2.24) is 4.72 Å². The van der Waals surface area contributed by atoms with E-state index in [1.807, 2.05) is 0 Å². The number of alkyl halides is 1. The number of sulfonamides is 1. The predicted octanol–water partition coefficient (Wildman–Crippen LogP) is 3.35. The lowest BCUT2D eigenvalue weighted by Gasteiger charge is -2.12. The van der Waals surface area contributed by atoms with E-state index in [4.69, 9.17) is 34.8 Å². The molecule has 17 heavy (non-hydrogen) atoms. The third kappa shape index (κ3) is 3.08. The molecular weight excluding hydrogens is 325 g/mol. The van der Waals surface area contributed by atoms with Gasteiger partial charge >= 0.3 is 0 Å². The minimum atomic E-state index is -3.59. The predicted molar refractivity (Wildman–Crippen MR) is 71.9 cm³/mol. The molecule has 1 N–H and O–H groups in total. The van der Waals surface area contributed by atoms with E-state index < -0.39 is 10.0 Å². The topological polar surface area (TPSA) is 46.2 Å². The molecule has 96 valence electrons. The van der Waals surface area contributed by atoms with E-state index >= 15 is 0 Å². The maximum Gasteiger partial charge on any atom is 0.242 e. The van der Waals surface area contributed by atoms with E-state index in [2.05, 4.69) is 4.72 Å². The lowest BCUT2D eigenvalue weighted by atomic mass is 10.1. The first-order valence-electron chi connectivity index (χ1n) is 4.89. The Labute approximate surface area is 119 Å². The maximum absolute atomic E-state index is 12.0. The Balaban J connectivity index is 2.12. The molecule has 0 saturated heterocycles. The van der Waals surface area contributed by atoms with Crippen LogP contribution in [0.25, 0.3) is 0 Å². The van der Waals surface area contributed by atoms with Gasteiger partial charge < -0.3 is 0 Å². The highest BCUT2D eigenvalue weighted by atomic mass is 35.5. The molecule has 1 saturated carbocycles. The molecule has 1 aliphatic rings. The third-order valence-corrected chi connectivity index (χ3v) is 6.51. The van der Waals surface area contributed by atoms with Gasteiger partial charge in [0.05, 0.1) is 4.34 Å². The average Bonchev–Trinajstić information content (AvgIpc) is 2.96. The summed E-state index contributed by atoms with van der Waals surface area (Å²) in [5.74, 6) is 0.466. The van der Waals surface area contributed by atoms with Crippen molar-refractivity contribution in [2.45, 2.75) is 17.7 Å². The van der Waals surface area contributed by atoms with E-state index in [-0.39, 0.29) is 14.6 Å². The summed E-state index contributed by atoms with van der Waals surface area (Å²) in [6.45, 7) is 0.350. The Bertz CT molecular complexity index is 522. The molecule has 0 spiro atoms. The molecule has 1 fully saturated rings. The summed E-state index contributed by atoms with van der Waals surface area (Å²) in [7, 11) is -3.59. The van der Waals surface area contributed by atoms with Crippen molar-refractivity contribution in [3.63, 3.8) is 0 Å². The molecule has 3 nitrogen and oxygen atoms in total. The molecule has 1 aromatic rings. The van der Waals surface area contributed by atoms with Crippen molar-refractivity contribution < 1.29 is 8.42 Å². The molecule has 0 aromatic carbocycles. The Hall–Kier alpha value is 0.480. The van der Waals surface area contributed by atoms with Crippen molar-refractivity contribution in [3.8, 4) is 0 Å². The number of nitrogens with one attached hydrogen (secondary N) is 1. The van der Waals surface area contributed by atoms with Crippen molar-refractivity contribution in [3.05, 3.63) is 14.7 Å². The summed E-state index contributed by atoms with van der Waals surface area (Å²) >= 11 is 18.4. The Morgan fingerprint density at radius 3 is 2.47 bits per heavy atom. The van der Waals surface area contributed by atoms with Crippen molar-refractivity contribution in [2.75, 3.05) is 12.4 Å². The molecule has 1 heterocycles. The Morgan fingerprint density at radius 1 is 1.41 bits per heavy atom. The van der Waals surface area contributed by atoms with Gasteiger partial charge in [0.2, 0.25) is 10.0 Å². The van der Waals surface area contributed by atoms with Gasteiger partial charge in [0.1, 0.15) is 9.23 Å². The van der Waals surface area contributed by atoms with Gasteiger partial charge in [-0.2, -0.15) is 0 Å². The van der Waals surface area contributed by atoms with Crippen LogP contribution in [0.2, 0.25) is 8.67 Å². The zero-order chi connectivity index (χ0) is 12.7. The van der Waals surface area contributed by atoms with E-state index in [1.54, 1.807) is 0 Å². The van der Waals surface area contributed by atoms with Crippen LogP contribution in [-0.4, -0.2) is 20.8 Å². The van der Waals surface area contributed by atoms with Crippen LogP contribution < -0.4 is 4.72 Å². The number of thiophene rings is 1. The van der Waals surface area contributed by atoms with Crippen LogP contribution in [0.5, 0.6) is 0 Å². The highest BCUT2D eigenvalue weighted by Crippen LogP contribution is 2.46. The lowest BCUT2D eigenvalue weighted by molar-refractivity contribution is 0.535. The molecule has 2 rings (SSSR count). The zero-order valence-corrected chi connectivity index (χ0v) is 12.6. The van der Waals surface area contributed by atoms with Gasteiger partial charge in [-0.25, -0.2) is 13.1 Å². The molecule has 0 unspecified atom stereocenters. The first kappa shape index (κ1) is 13.9. The summed E-state index contributed by atoms with van der Waals surface area (Å²) in [6.07, 6.45) is 1.91. The second-order valence-corrected chi connectivity index (χ2v) is 8.43. The minimum Gasteiger partial charge on any atom is -0.210 e. The summed E-state index contributed by atoms with van der Waals surface area (Å²) < 4.78 is 27.0. The van der Waals surface area contributed by atoms with Crippen molar-refractivity contribution in [2.24, 2.45) is 5.41 Å². The molecule has 0 bridgehead atoms. The molecule has 1 aliphatic carbocycles. The number of hydrogen-bond acceptors (Lipinski definition) is 3. The fourth-order valence-electron chi connectivity index (χ4n) is 1.37. The van der Waals surface area contributed by atoms with Crippen molar-refractivity contribution >= 4 is 56.2 Å². The molecular formula is C9H10Cl3NO2S2. The highest BCUT2D eigenvalue weighted by Gasteiger charge is 2.42. The zero-order valence-electron chi connectivity index (χ0n) is 8.67. The Kier molecular flexibility index (Phi) is 3.98. The summed E-state index contributed by atoms with van der Waals surface area (Å²) in [4.78, 5) is 0.0412. The minimum absolute atomic E-state index is 0.0412. The molecule has 0 aliphatic heterocycles. The van der Waals surface area contributed by atoms with Crippen LogP contribution in [0.1, 0.15) is 12.8 Å². The second kappa shape index (κ2) is 4.87. The number of hydrogen-bond donors (Lipinski definition) is 1. The normalized spacial score (nSPS) is 18.3. The second-order valence-electron chi connectivity index (χ2n) is 4.15. The first-order chi connectivity index (χ1) is 7.88. The van der Waals surface area contributed by atoms with Crippen LogP contribution in [0, 0.1) is 5.41 Å². The summed E-state index contributed by atoms with van der Waals surface area (Å²) in [5.41, 5.74) is -0.0685. The molecule has 0 atom stereocenters. The van der Waals surface area contributed by atoms with Gasteiger partial charge in [0, 0.05) is 12.4 Å². The fraction of sp³-hybridized carbons (Fsp3) is 0.556. The largest absolute Gasteiger partial charge is 0.242 e. The average molecular weight is 335 g/mol. The number of halogens is 3. The smallest absolute Gasteiger partial charge is 0.210 e. The molecule has 8 heteroatoms. The van der Waals surface area contributed by atoms with Crippen LogP contribution in [-0.2, 0) is 10.0 Å². The van der Waals surface area contributed by atoms with Gasteiger partial charge in [-0.3, -0.25) is 0 Å². The van der Waals surface area contributed by atoms with Gasteiger partial charge in [0.15, 0.2) is 0 Å². The standard InChI is InChI=1S/C9H10Cl3NO2S2/c10-4-9(1-2-9)5-13-17(14,15)6-3-7(11)16-8(6)12/h3,13H,1-2,4-5H2. The van der Waals surface area contributed by atoms with Crippen LogP contribution in [0.4, 0.5) is 0 Å². The quantitative estimate of drug-likeness (QED) is 0.839. The van der Waals surface area contributed by atoms with E-state index in [9.17, 15) is 8.42 Å². The van der Waals surface area contributed by atoms with E-state index in [0.29, 0.717) is 16.8 Å². The monoisotopic (exact) mass is 333 g/mol. The molecule has 0 radical (unpaired) electrons. The summed E-state index contributed by atoms with van der Waals surface area (Å²) in [6, 6.07) is 1.36.